The molecule has 0 spiro atoms. The molecule has 0 heterocycles. The van der Waals surface area contributed by atoms with Gasteiger partial charge in [0.15, 0.2) is 5.96 Å². The lowest BCUT2D eigenvalue weighted by Gasteiger charge is -2.18. The maximum absolute atomic E-state index is 10.2. The molecule has 0 radical (unpaired) electrons. The van der Waals surface area contributed by atoms with Gasteiger partial charge < -0.3 is 20.5 Å². The first-order chi connectivity index (χ1) is 13.1. The largest absolute Gasteiger partial charge is 0.389 e. The first-order valence-corrected chi connectivity index (χ1v) is 9.50. The fraction of sp³-hybridized carbons (Fsp3) is 0.409. The Labute approximate surface area is 162 Å². The number of ether oxygens (including phenoxy) is 1. The van der Waals surface area contributed by atoms with Gasteiger partial charge in [-0.15, -0.1) is 0 Å². The number of nitrogens with one attached hydrogen (secondary N) is 2. The van der Waals surface area contributed by atoms with Crippen molar-refractivity contribution in [3.8, 4) is 0 Å². The quantitative estimate of drug-likeness (QED) is 0.469. The summed E-state index contributed by atoms with van der Waals surface area (Å²) < 4.78 is 5.77. The van der Waals surface area contributed by atoms with Crippen LogP contribution in [0.15, 0.2) is 59.6 Å². The number of hydrogen-bond acceptors (Lipinski definition) is 3. The van der Waals surface area contributed by atoms with Gasteiger partial charge >= 0.3 is 0 Å². The molecule has 5 heteroatoms. The van der Waals surface area contributed by atoms with E-state index in [2.05, 4.69) is 40.7 Å². The van der Waals surface area contributed by atoms with Gasteiger partial charge in [0.1, 0.15) is 0 Å². The summed E-state index contributed by atoms with van der Waals surface area (Å²) in [7, 11) is 0. The Morgan fingerprint density at radius 3 is 2.59 bits per heavy atom. The van der Waals surface area contributed by atoms with E-state index >= 15 is 0 Å². The SMILES string of the molecule is CCNC(=NCc1cccc(C)c1)NCC(O)COC(C)c1ccccc1. The molecular weight excluding hydrogens is 338 g/mol. The average molecular weight is 370 g/mol. The van der Waals surface area contributed by atoms with Gasteiger partial charge in [0.2, 0.25) is 0 Å². The molecule has 0 amide bonds. The lowest BCUT2D eigenvalue weighted by molar-refractivity contribution is -0.000599. The highest BCUT2D eigenvalue weighted by atomic mass is 16.5. The van der Waals surface area contributed by atoms with Gasteiger partial charge in [0.05, 0.1) is 25.4 Å². The predicted molar refractivity (Wildman–Crippen MR) is 111 cm³/mol. The number of aryl methyl sites for hydroxylation is 1. The molecule has 2 aromatic rings. The van der Waals surface area contributed by atoms with Crippen molar-refractivity contribution >= 4 is 5.96 Å². The molecule has 2 rings (SSSR count). The van der Waals surface area contributed by atoms with E-state index in [0.717, 1.165) is 17.7 Å². The smallest absolute Gasteiger partial charge is 0.191 e. The van der Waals surface area contributed by atoms with Crippen LogP contribution in [0.1, 0.15) is 36.6 Å². The van der Waals surface area contributed by atoms with E-state index in [-0.39, 0.29) is 12.7 Å². The van der Waals surface area contributed by atoms with Crippen molar-refractivity contribution in [1.29, 1.82) is 0 Å². The van der Waals surface area contributed by atoms with Crippen LogP contribution in [0.25, 0.3) is 0 Å². The second kappa shape index (κ2) is 11.4. The summed E-state index contributed by atoms with van der Waals surface area (Å²) in [4.78, 5) is 4.58. The van der Waals surface area contributed by atoms with Crippen LogP contribution in [0, 0.1) is 6.92 Å². The van der Waals surface area contributed by atoms with Crippen LogP contribution in [-0.4, -0.2) is 36.9 Å². The van der Waals surface area contributed by atoms with Crippen molar-refractivity contribution in [2.45, 2.75) is 39.5 Å². The number of hydrogen-bond donors (Lipinski definition) is 3. The van der Waals surface area contributed by atoms with E-state index in [1.165, 1.54) is 5.56 Å². The Kier molecular flexibility index (Phi) is 8.81. The van der Waals surface area contributed by atoms with Crippen LogP contribution in [0.2, 0.25) is 0 Å². The van der Waals surface area contributed by atoms with Gasteiger partial charge in [-0.2, -0.15) is 0 Å². The van der Waals surface area contributed by atoms with E-state index in [9.17, 15) is 5.11 Å². The first kappa shape index (κ1) is 20.9. The Morgan fingerprint density at radius 1 is 1.11 bits per heavy atom. The third-order valence-corrected chi connectivity index (χ3v) is 4.16. The van der Waals surface area contributed by atoms with Gasteiger partial charge in [-0.3, -0.25) is 0 Å². The van der Waals surface area contributed by atoms with E-state index in [4.69, 9.17) is 4.74 Å². The van der Waals surface area contributed by atoms with Crippen molar-refractivity contribution in [3.05, 3.63) is 71.3 Å². The van der Waals surface area contributed by atoms with Crippen molar-refractivity contribution in [1.82, 2.24) is 10.6 Å². The number of benzene rings is 2. The Morgan fingerprint density at radius 2 is 1.89 bits per heavy atom. The summed E-state index contributed by atoms with van der Waals surface area (Å²) in [6, 6.07) is 18.3. The Balaban J connectivity index is 1.79. The molecular formula is C22H31N3O2. The molecule has 5 nitrogen and oxygen atoms in total. The summed E-state index contributed by atoms with van der Waals surface area (Å²) in [6.45, 7) is 8.07. The summed E-state index contributed by atoms with van der Waals surface area (Å²) in [5.74, 6) is 0.689. The molecule has 0 saturated heterocycles. The van der Waals surface area contributed by atoms with Crippen LogP contribution < -0.4 is 10.6 Å². The summed E-state index contributed by atoms with van der Waals surface area (Å²) >= 11 is 0. The minimum atomic E-state index is -0.612. The minimum Gasteiger partial charge on any atom is -0.389 e. The molecule has 3 N–H and O–H groups in total. The molecule has 2 aromatic carbocycles. The zero-order valence-electron chi connectivity index (χ0n) is 16.5. The zero-order valence-corrected chi connectivity index (χ0v) is 16.5. The van der Waals surface area contributed by atoms with Crippen LogP contribution in [0.5, 0.6) is 0 Å². The molecule has 0 aliphatic carbocycles. The molecule has 0 aromatic heterocycles. The molecule has 2 atom stereocenters. The van der Waals surface area contributed by atoms with Crippen LogP contribution in [-0.2, 0) is 11.3 Å². The van der Waals surface area contributed by atoms with E-state index < -0.39 is 6.10 Å². The maximum atomic E-state index is 10.2. The molecule has 2 unspecified atom stereocenters. The molecule has 0 bridgehead atoms. The third-order valence-electron chi connectivity index (χ3n) is 4.16. The molecule has 0 aliphatic heterocycles. The number of aliphatic hydroxyl groups is 1. The average Bonchev–Trinajstić information content (AvgIpc) is 2.69. The normalized spacial score (nSPS) is 13.9. The third kappa shape index (κ3) is 7.81. The molecule has 27 heavy (non-hydrogen) atoms. The monoisotopic (exact) mass is 369 g/mol. The number of aliphatic imine (C=N–C) groups is 1. The fourth-order valence-electron chi connectivity index (χ4n) is 2.67. The highest BCUT2D eigenvalue weighted by Gasteiger charge is 2.10. The van der Waals surface area contributed by atoms with Crippen molar-refractivity contribution in [2.75, 3.05) is 19.7 Å². The van der Waals surface area contributed by atoms with Crippen molar-refractivity contribution < 1.29 is 9.84 Å². The van der Waals surface area contributed by atoms with Crippen LogP contribution in [0.3, 0.4) is 0 Å². The molecule has 0 fully saturated rings. The fourth-order valence-corrected chi connectivity index (χ4v) is 2.67. The molecule has 0 aliphatic rings. The highest BCUT2D eigenvalue weighted by molar-refractivity contribution is 5.79. The predicted octanol–water partition coefficient (Wildman–Crippen LogP) is 3.19. The summed E-state index contributed by atoms with van der Waals surface area (Å²) in [5, 5.41) is 16.6. The van der Waals surface area contributed by atoms with Gasteiger partial charge in [-0.05, 0) is 31.9 Å². The summed E-state index contributed by atoms with van der Waals surface area (Å²) in [5.41, 5.74) is 3.49. The lowest BCUT2D eigenvalue weighted by Crippen LogP contribution is -2.42. The van der Waals surface area contributed by atoms with Crippen molar-refractivity contribution in [3.63, 3.8) is 0 Å². The highest BCUT2D eigenvalue weighted by Crippen LogP contribution is 2.15. The van der Waals surface area contributed by atoms with Gasteiger partial charge in [-0.1, -0.05) is 60.2 Å². The Bertz CT molecular complexity index is 704. The van der Waals surface area contributed by atoms with Crippen molar-refractivity contribution in [2.24, 2.45) is 4.99 Å². The maximum Gasteiger partial charge on any atom is 0.191 e. The second-order valence-corrected chi connectivity index (χ2v) is 6.61. The van der Waals surface area contributed by atoms with Gasteiger partial charge in [0.25, 0.3) is 0 Å². The zero-order chi connectivity index (χ0) is 19.5. The summed E-state index contributed by atoms with van der Waals surface area (Å²) in [6.07, 6.45) is -0.664. The second-order valence-electron chi connectivity index (χ2n) is 6.61. The van der Waals surface area contributed by atoms with Crippen LogP contribution in [0.4, 0.5) is 0 Å². The molecule has 0 saturated carbocycles. The van der Waals surface area contributed by atoms with E-state index in [0.29, 0.717) is 19.0 Å². The first-order valence-electron chi connectivity index (χ1n) is 9.50. The van der Waals surface area contributed by atoms with E-state index in [1.807, 2.05) is 50.2 Å². The lowest BCUT2D eigenvalue weighted by atomic mass is 10.1. The van der Waals surface area contributed by atoms with Gasteiger partial charge in [0, 0.05) is 13.1 Å². The number of aliphatic hydroxyl groups excluding tert-OH is 1. The van der Waals surface area contributed by atoms with E-state index in [1.54, 1.807) is 0 Å². The standard InChI is InChI=1S/C22H31N3O2/c1-4-23-22(24-14-19-10-8-9-17(2)13-19)25-15-21(26)16-27-18(3)20-11-6-5-7-12-20/h5-13,18,21,26H,4,14-16H2,1-3H3,(H2,23,24,25). The minimum absolute atomic E-state index is 0.0518. The van der Waals surface area contributed by atoms with Crippen LogP contribution >= 0.6 is 0 Å². The Hall–Kier alpha value is -2.37. The molecule has 146 valence electrons. The number of guanidine groups is 1. The number of nitrogens with zero attached hydrogens (tertiary/aromatic N) is 1. The van der Waals surface area contributed by atoms with Gasteiger partial charge in [-0.25, -0.2) is 4.99 Å². The number of rotatable bonds is 9. The topological polar surface area (TPSA) is 65.9 Å².